The molecule has 0 aliphatic carbocycles. The first kappa shape index (κ1) is 17.0. The molecule has 1 atom stereocenters. The molecule has 138 valence electrons. The van der Waals surface area contributed by atoms with Gasteiger partial charge in [-0.2, -0.15) is 4.31 Å². The number of benzene rings is 2. The van der Waals surface area contributed by atoms with E-state index in [0.29, 0.717) is 36.0 Å². The third-order valence-corrected chi connectivity index (χ3v) is 6.31. The van der Waals surface area contributed by atoms with Crippen molar-refractivity contribution < 1.29 is 27.4 Å². The zero-order valence-corrected chi connectivity index (χ0v) is 15.1. The molecule has 2 aromatic carbocycles. The van der Waals surface area contributed by atoms with Crippen LogP contribution < -0.4 is 18.9 Å². The molecule has 8 heteroatoms. The van der Waals surface area contributed by atoms with Gasteiger partial charge in [0.1, 0.15) is 6.10 Å². The second-order valence-electron chi connectivity index (χ2n) is 6.06. The maximum absolute atomic E-state index is 12.9. The number of fused-ring (bicyclic) bond motifs is 1. The molecule has 2 heterocycles. The van der Waals surface area contributed by atoms with Gasteiger partial charge in [0, 0.05) is 12.6 Å². The Morgan fingerprint density at radius 1 is 1.08 bits per heavy atom. The Morgan fingerprint density at radius 2 is 1.85 bits per heavy atom. The number of para-hydroxylation sites is 2. The van der Waals surface area contributed by atoms with Crippen molar-refractivity contribution in [2.24, 2.45) is 0 Å². The molecule has 2 aliphatic heterocycles. The summed E-state index contributed by atoms with van der Waals surface area (Å²) < 4.78 is 49.0. The van der Waals surface area contributed by atoms with Gasteiger partial charge in [0.2, 0.25) is 16.8 Å². The quantitative estimate of drug-likeness (QED) is 0.796. The van der Waals surface area contributed by atoms with Crippen molar-refractivity contribution in [3.05, 3.63) is 42.5 Å². The van der Waals surface area contributed by atoms with Crippen molar-refractivity contribution in [2.45, 2.75) is 17.4 Å². The monoisotopic (exact) mass is 377 g/mol. The van der Waals surface area contributed by atoms with Crippen LogP contribution >= 0.6 is 0 Å². The highest BCUT2D eigenvalue weighted by molar-refractivity contribution is 7.89. The fourth-order valence-corrected chi connectivity index (χ4v) is 4.60. The van der Waals surface area contributed by atoms with Gasteiger partial charge in [-0.3, -0.25) is 0 Å². The van der Waals surface area contributed by atoms with E-state index in [9.17, 15) is 8.42 Å². The molecule has 4 rings (SSSR count). The molecule has 0 N–H and O–H groups in total. The van der Waals surface area contributed by atoms with Crippen LogP contribution in [-0.4, -0.2) is 45.8 Å². The van der Waals surface area contributed by atoms with Crippen LogP contribution in [0.3, 0.4) is 0 Å². The van der Waals surface area contributed by atoms with E-state index in [0.717, 1.165) is 0 Å². The fraction of sp³-hybridized carbons (Fsp3) is 0.333. The smallest absolute Gasteiger partial charge is 0.243 e. The van der Waals surface area contributed by atoms with E-state index < -0.39 is 10.0 Å². The third kappa shape index (κ3) is 3.06. The van der Waals surface area contributed by atoms with E-state index >= 15 is 0 Å². The molecule has 0 radical (unpaired) electrons. The molecule has 0 bridgehead atoms. The molecule has 2 aromatic rings. The second kappa shape index (κ2) is 6.69. The normalized spacial score (nSPS) is 19.5. The largest absolute Gasteiger partial charge is 0.493 e. The van der Waals surface area contributed by atoms with E-state index in [1.165, 1.54) is 16.4 Å². The van der Waals surface area contributed by atoms with E-state index in [-0.39, 0.29) is 24.3 Å². The molecule has 26 heavy (non-hydrogen) atoms. The summed E-state index contributed by atoms with van der Waals surface area (Å²) in [4.78, 5) is 0.194. The summed E-state index contributed by atoms with van der Waals surface area (Å²) in [7, 11) is -2.04. The number of rotatable bonds is 5. The predicted octanol–water partition coefficient (Wildman–Crippen LogP) is 2.27. The van der Waals surface area contributed by atoms with Crippen molar-refractivity contribution in [3.8, 4) is 23.0 Å². The average molecular weight is 377 g/mol. The van der Waals surface area contributed by atoms with Crippen LogP contribution in [0, 0.1) is 0 Å². The minimum absolute atomic E-state index is 0.109. The Bertz CT molecular complexity index is 914. The number of hydrogen-bond acceptors (Lipinski definition) is 6. The molecule has 0 unspecified atom stereocenters. The molecular formula is C18H19NO6S. The minimum Gasteiger partial charge on any atom is -0.493 e. The lowest BCUT2D eigenvalue weighted by molar-refractivity contribution is 0.174. The number of nitrogens with zero attached hydrogens (tertiary/aromatic N) is 1. The SMILES string of the molecule is COc1ccccc1O[C@@H]1CCN(S(=O)(=O)c2ccc3c(c2)OCO3)C1. The van der Waals surface area contributed by atoms with Gasteiger partial charge in [0.25, 0.3) is 0 Å². The van der Waals surface area contributed by atoms with Crippen molar-refractivity contribution in [2.75, 3.05) is 27.0 Å². The zero-order chi connectivity index (χ0) is 18.1. The van der Waals surface area contributed by atoms with E-state index in [1.54, 1.807) is 13.2 Å². The molecule has 0 saturated carbocycles. The summed E-state index contributed by atoms with van der Waals surface area (Å²) in [6, 6.07) is 12.0. The van der Waals surface area contributed by atoms with Crippen molar-refractivity contribution in [1.82, 2.24) is 4.31 Å². The van der Waals surface area contributed by atoms with Gasteiger partial charge in [-0.1, -0.05) is 12.1 Å². The standard InChI is InChI=1S/C18H19NO6S/c1-22-15-4-2-3-5-17(15)25-13-8-9-19(11-13)26(20,21)14-6-7-16-18(10-14)24-12-23-16/h2-7,10,13H,8-9,11-12H2,1H3/t13-/m1/s1. The van der Waals surface area contributed by atoms with Gasteiger partial charge in [0.15, 0.2) is 23.0 Å². The zero-order valence-electron chi connectivity index (χ0n) is 14.3. The van der Waals surface area contributed by atoms with Gasteiger partial charge >= 0.3 is 0 Å². The first-order valence-electron chi connectivity index (χ1n) is 8.27. The summed E-state index contributed by atoms with van der Waals surface area (Å²) in [5.41, 5.74) is 0. The fourth-order valence-electron chi connectivity index (χ4n) is 3.09. The Hall–Kier alpha value is -2.45. The molecule has 7 nitrogen and oxygen atoms in total. The molecule has 0 aromatic heterocycles. The van der Waals surface area contributed by atoms with Crippen LogP contribution in [0.4, 0.5) is 0 Å². The molecule has 1 saturated heterocycles. The number of hydrogen-bond donors (Lipinski definition) is 0. The summed E-state index contributed by atoms with van der Waals surface area (Å²) in [6.07, 6.45) is 0.386. The highest BCUT2D eigenvalue weighted by Gasteiger charge is 2.34. The number of sulfonamides is 1. The lowest BCUT2D eigenvalue weighted by Crippen LogP contribution is -2.31. The highest BCUT2D eigenvalue weighted by Crippen LogP contribution is 2.35. The van der Waals surface area contributed by atoms with Crippen molar-refractivity contribution in [1.29, 1.82) is 0 Å². The first-order valence-corrected chi connectivity index (χ1v) is 9.71. The third-order valence-electron chi connectivity index (χ3n) is 4.45. The highest BCUT2D eigenvalue weighted by atomic mass is 32.2. The van der Waals surface area contributed by atoms with Crippen LogP contribution in [0.25, 0.3) is 0 Å². The maximum Gasteiger partial charge on any atom is 0.243 e. The summed E-state index contributed by atoms with van der Waals surface area (Å²) in [5, 5.41) is 0. The Kier molecular flexibility index (Phi) is 4.37. The van der Waals surface area contributed by atoms with Crippen LogP contribution in [0.1, 0.15) is 6.42 Å². The van der Waals surface area contributed by atoms with Crippen LogP contribution in [0.5, 0.6) is 23.0 Å². The van der Waals surface area contributed by atoms with Gasteiger partial charge in [0.05, 0.1) is 18.6 Å². The average Bonchev–Trinajstić information content (AvgIpc) is 3.31. The van der Waals surface area contributed by atoms with E-state index in [2.05, 4.69) is 0 Å². The maximum atomic E-state index is 12.9. The van der Waals surface area contributed by atoms with Crippen LogP contribution in [0.2, 0.25) is 0 Å². The topological polar surface area (TPSA) is 74.3 Å². The molecular weight excluding hydrogens is 358 g/mol. The lowest BCUT2D eigenvalue weighted by Gasteiger charge is -2.18. The van der Waals surface area contributed by atoms with Gasteiger partial charge < -0.3 is 18.9 Å². The Labute approximate surface area is 152 Å². The van der Waals surface area contributed by atoms with Crippen molar-refractivity contribution in [3.63, 3.8) is 0 Å². The number of methoxy groups -OCH3 is 1. The molecule has 2 aliphatic rings. The van der Waals surface area contributed by atoms with Crippen LogP contribution in [0.15, 0.2) is 47.4 Å². The van der Waals surface area contributed by atoms with Gasteiger partial charge in [-0.15, -0.1) is 0 Å². The van der Waals surface area contributed by atoms with Gasteiger partial charge in [-0.25, -0.2) is 8.42 Å². The summed E-state index contributed by atoms with van der Waals surface area (Å²) >= 11 is 0. The second-order valence-corrected chi connectivity index (χ2v) is 8.00. The minimum atomic E-state index is -3.61. The van der Waals surface area contributed by atoms with E-state index in [4.69, 9.17) is 18.9 Å². The number of ether oxygens (including phenoxy) is 4. The van der Waals surface area contributed by atoms with E-state index in [1.807, 2.05) is 24.3 Å². The Balaban J connectivity index is 1.49. The lowest BCUT2D eigenvalue weighted by atomic mass is 10.3. The van der Waals surface area contributed by atoms with Crippen LogP contribution in [-0.2, 0) is 10.0 Å². The van der Waals surface area contributed by atoms with Gasteiger partial charge in [-0.05, 0) is 30.7 Å². The Morgan fingerprint density at radius 3 is 2.65 bits per heavy atom. The molecule has 1 fully saturated rings. The molecule has 0 amide bonds. The summed E-state index contributed by atoms with van der Waals surface area (Å²) in [6.45, 7) is 0.794. The summed E-state index contributed by atoms with van der Waals surface area (Å²) in [5.74, 6) is 2.25. The first-order chi connectivity index (χ1) is 12.6. The molecule has 0 spiro atoms. The van der Waals surface area contributed by atoms with Crippen molar-refractivity contribution >= 4 is 10.0 Å². The predicted molar refractivity (Wildman–Crippen MR) is 93.4 cm³/mol.